The number of thiazole rings is 1. The maximum atomic E-state index is 9.21. The molecule has 0 saturated heterocycles. The molecular weight excluding hydrogens is 212 g/mol. The molecule has 1 aromatic carbocycles. The van der Waals surface area contributed by atoms with Crippen LogP contribution in [0.3, 0.4) is 0 Å². The first-order valence-corrected chi connectivity index (χ1v) is 5.23. The van der Waals surface area contributed by atoms with Crippen LogP contribution in [-0.2, 0) is 6.61 Å². The summed E-state index contributed by atoms with van der Waals surface area (Å²) in [6.45, 7) is 0.318. The molecule has 15 heavy (non-hydrogen) atoms. The Balaban J connectivity index is 2.02. The molecule has 0 fully saturated rings. The minimum atomic E-state index is 0.179. The highest BCUT2D eigenvalue weighted by atomic mass is 32.1. The van der Waals surface area contributed by atoms with E-state index in [1.54, 1.807) is 29.8 Å². The van der Waals surface area contributed by atoms with E-state index in [0.29, 0.717) is 17.4 Å². The predicted octanol–water partition coefficient (Wildman–Crippen LogP) is 2.01. The van der Waals surface area contributed by atoms with Gasteiger partial charge in [-0.15, -0.1) is 11.3 Å². The monoisotopic (exact) mass is 222 g/mol. The summed E-state index contributed by atoms with van der Waals surface area (Å²) in [6, 6.07) is 6.62. The Hall–Kier alpha value is -1.75. The molecule has 0 atom stereocenters. The molecule has 0 aliphatic rings. The molecular formula is C10H10N2O2S. The molecule has 5 heteroatoms. The number of rotatable bonds is 3. The fourth-order valence-corrected chi connectivity index (χ4v) is 1.65. The average molecular weight is 222 g/mol. The Morgan fingerprint density at radius 3 is 3.00 bits per heavy atom. The van der Waals surface area contributed by atoms with Crippen LogP contribution in [0, 0.1) is 0 Å². The van der Waals surface area contributed by atoms with Gasteiger partial charge in [0.1, 0.15) is 28.8 Å². The number of phenolic OH excluding ortho intramolecular Hbond substituents is 1. The third-order valence-electron chi connectivity index (χ3n) is 1.87. The van der Waals surface area contributed by atoms with Gasteiger partial charge < -0.3 is 15.6 Å². The van der Waals surface area contributed by atoms with Crippen molar-refractivity contribution in [2.24, 2.45) is 0 Å². The predicted molar refractivity (Wildman–Crippen MR) is 59.0 cm³/mol. The Morgan fingerprint density at radius 2 is 2.33 bits per heavy atom. The van der Waals surface area contributed by atoms with Gasteiger partial charge >= 0.3 is 0 Å². The van der Waals surface area contributed by atoms with E-state index in [4.69, 9.17) is 10.5 Å². The van der Waals surface area contributed by atoms with Gasteiger partial charge in [0.15, 0.2) is 0 Å². The highest BCUT2D eigenvalue weighted by Crippen LogP contribution is 2.21. The molecule has 0 spiro atoms. The highest BCUT2D eigenvalue weighted by Gasteiger charge is 2.03. The molecule has 0 unspecified atom stereocenters. The Morgan fingerprint density at radius 1 is 1.47 bits per heavy atom. The van der Waals surface area contributed by atoms with Gasteiger partial charge in [0.05, 0.1) is 5.51 Å². The maximum Gasteiger partial charge on any atom is 0.133 e. The fourth-order valence-electron chi connectivity index (χ4n) is 1.11. The van der Waals surface area contributed by atoms with Crippen molar-refractivity contribution >= 4 is 16.3 Å². The first-order chi connectivity index (χ1) is 7.25. The lowest BCUT2D eigenvalue weighted by atomic mass is 10.3. The number of nitrogens with two attached hydrogens (primary N) is 1. The van der Waals surface area contributed by atoms with Crippen LogP contribution < -0.4 is 10.5 Å². The second-order valence-electron chi connectivity index (χ2n) is 2.95. The molecule has 78 valence electrons. The van der Waals surface area contributed by atoms with Gasteiger partial charge in [-0.3, -0.25) is 0 Å². The minimum absolute atomic E-state index is 0.179. The summed E-state index contributed by atoms with van der Waals surface area (Å²) in [4.78, 5) is 4.06. The molecule has 0 radical (unpaired) electrons. The molecule has 1 aromatic heterocycles. The lowest BCUT2D eigenvalue weighted by Crippen LogP contribution is -1.98. The summed E-state index contributed by atoms with van der Waals surface area (Å²) in [5.41, 5.74) is 8.06. The lowest BCUT2D eigenvalue weighted by Gasteiger charge is -2.04. The number of anilines is 1. The molecule has 3 N–H and O–H groups in total. The number of aromatic nitrogens is 1. The molecule has 2 aromatic rings. The van der Waals surface area contributed by atoms with Crippen molar-refractivity contribution in [3.05, 3.63) is 35.5 Å². The Bertz CT molecular complexity index is 456. The second kappa shape index (κ2) is 4.18. The van der Waals surface area contributed by atoms with Crippen molar-refractivity contribution in [2.75, 3.05) is 5.73 Å². The highest BCUT2D eigenvalue weighted by molar-refractivity contribution is 7.13. The molecule has 0 saturated carbocycles. The number of nitrogen functional groups attached to an aromatic ring is 1. The van der Waals surface area contributed by atoms with E-state index in [9.17, 15) is 5.11 Å². The second-order valence-corrected chi connectivity index (χ2v) is 3.84. The van der Waals surface area contributed by atoms with E-state index < -0.39 is 0 Å². The van der Waals surface area contributed by atoms with Crippen LogP contribution in [0.1, 0.15) is 5.69 Å². The normalized spacial score (nSPS) is 10.1. The summed E-state index contributed by atoms with van der Waals surface area (Å²) in [5, 5.41) is 9.87. The molecule has 0 aliphatic carbocycles. The van der Waals surface area contributed by atoms with E-state index in [0.717, 1.165) is 5.69 Å². The zero-order valence-corrected chi connectivity index (χ0v) is 8.70. The van der Waals surface area contributed by atoms with Crippen LogP contribution in [0.4, 0.5) is 5.00 Å². The van der Waals surface area contributed by atoms with Crippen molar-refractivity contribution in [3.8, 4) is 11.5 Å². The summed E-state index contributed by atoms with van der Waals surface area (Å²) in [6.07, 6.45) is 0. The molecule has 1 heterocycles. The number of nitrogens with zero attached hydrogens (tertiary/aromatic N) is 1. The van der Waals surface area contributed by atoms with Crippen molar-refractivity contribution < 1.29 is 9.84 Å². The van der Waals surface area contributed by atoms with Crippen LogP contribution >= 0.6 is 11.3 Å². The lowest BCUT2D eigenvalue weighted by molar-refractivity contribution is 0.301. The van der Waals surface area contributed by atoms with Gasteiger partial charge in [-0.25, -0.2) is 4.98 Å². The largest absolute Gasteiger partial charge is 0.508 e. The molecule has 2 rings (SSSR count). The summed E-state index contributed by atoms with van der Waals surface area (Å²) >= 11 is 1.38. The Labute approximate surface area is 91.0 Å². The quantitative estimate of drug-likeness (QED) is 0.833. The topological polar surface area (TPSA) is 68.4 Å². The number of phenols is 1. The van der Waals surface area contributed by atoms with E-state index in [-0.39, 0.29) is 5.75 Å². The van der Waals surface area contributed by atoms with Gasteiger partial charge in [0.25, 0.3) is 0 Å². The van der Waals surface area contributed by atoms with E-state index >= 15 is 0 Å². The smallest absolute Gasteiger partial charge is 0.133 e. The van der Waals surface area contributed by atoms with Crippen LogP contribution in [-0.4, -0.2) is 10.1 Å². The number of hydrogen-bond acceptors (Lipinski definition) is 5. The number of benzene rings is 1. The summed E-state index contributed by atoms with van der Waals surface area (Å²) < 4.78 is 5.42. The standard InChI is InChI=1S/C10H10N2O2S/c11-10-9(12-6-15-10)5-14-8-3-1-2-7(13)4-8/h1-4,6,13H,5,11H2. The number of ether oxygens (including phenoxy) is 1. The van der Waals surface area contributed by atoms with Gasteiger partial charge in [-0.05, 0) is 12.1 Å². The molecule has 0 aliphatic heterocycles. The van der Waals surface area contributed by atoms with Gasteiger partial charge in [-0.2, -0.15) is 0 Å². The zero-order valence-electron chi connectivity index (χ0n) is 7.88. The van der Waals surface area contributed by atoms with E-state index in [2.05, 4.69) is 4.98 Å². The molecule has 0 amide bonds. The SMILES string of the molecule is Nc1scnc1COc1cccc(O)c1. The number of hydrogen-bond donors (Lipinski definition) is 2. The summed E-state index contributed by atoms with van der Waals surface area (Å²) in [5.74, 6) is 0.779. The Kier molecular flexibility index (Phi) is 2.73. The van der Waals surface area contributed by atoms with E-state index in [1.165, 1.54) is 11.3 Å². The van der Waals surface area contributed by atoms with Crippen LogP contribution in [0.5, 0.6) is 11.5 Å². The third kappa shape index (κ3) is 2.38. The third-order valence-corrected chi connectivity index (χ3v) is 2.57. The van der Waals surface area contributed by atoms with Crippen molar-refractivity contribution in [1.82, 2.24) is 4.98 Å². The molecule has 0 bridgehead atoms. The first kappa shape index (κ1) is 9.79. The minimum Gasteiger partial charge on any atom is -0.508 e. The van der Waals surface area contributed by atoms with Crippen molar-refractivity contribution in [3.63, 3.8) is 0 Å². The number of aromatic hydroxyl groups is 1. The maximum absolute atomic E-state index is 9.21. The van der Waals surface area contributed by atoms with Gasteiger partial charge in [0.2, 0.25) is 0 Å². The fraction of sp³-hybridized carbons (Fsp3) is 0.100. The summed E-state index contributed by atoms with van der Waals surface area (Å²) in [7, 11) is 0. The van der Waals surface area contributed by atoms with Crippen LogP contribution in [0.25, 0.3) is 0 Å². The van der Waals surface area contributed by atoms with Gasteiger partial charge in [-0.1, -0.05) is 6.07 Å². The molecule has 4 nitrogen and oxygen atoms in total. The van der Waals surface area contributed by atoms with Crippen LogP contribution in [0.15, 0.2) is 29.8 Å². The van der Waals surface area contributed by atoms with Gasteiger partial charge in [0, 0.05) is 6.07 Å². The van der Waals surface area contributed by atoms with E-state index in [1.807, 2.05) is 0 Å². The average Bonchev–Trinajstić information content (AvgIpc) is 2.61. The van der Waals surface area contributed by atoms with Crippen LogP contribution in [0.2, 0.25) is 0 Å². The van der Waals surface area contributed by atoms with Crippen molar-refractivity contribution in [1.29, 1.82) is 0 Å². The zero-order chi connectivity index (χ0) is 10.7. The van der Waals surface area contributed by atoms with Crippen molar-refractivity contribution in [2.45, 2.75) is 6.61 Å². The first-order valence-electron chi connectivity index (χ1n) is 4.35.